The zero-order chi connectivity index (χ0) is 9.68. The molecule has 0 saturated heterocycles. The van der Waals surface area contributed by atoms with E-state index in [9.17, 15) is 4.79 Å². The van der Waals surface area contributed by atoms with E-state index in [1.165, 1.54) is 13.4 Å². The third-order valence-electron chi connectivity index (χ3n) is 1.45. The third kappa shape index (κ3) is 2.63. The van der Waals surface area contributed by atoms with E-state index in [-0.39, 0.29) is 5.88 Å². The van der Waals surface area contributed by atoms with Crippen LogP contribution < -0.4 is 0 Å². The Kier molecular flexibility index (Phi) is 3.58. The van der Waals surface area contributed by atoms with Gasteiger partial charge >= 0.3 is 5.97 Å². The molecule has 0 atom stereocenters. The van der Waals surface area contributed by atoms with Crippen LogP contribution in [0.5, 0.6) is 0 Å². The second-order valence-electron chi connectivity index (χ2n) is 2.31. The number of methoxy groups -OCH3 is 1. The monoisotopic (exact) mass is 200 g/mol. The number of hydrogen-bond donors (Lipinski definition) is 0. The number of hydrogen-bond acceptors (Lipinski definition) is 3. The molecule has 70 valence electrons. The van der Waals surface area contributed by atoms with Crippen molar-refractivity contribution in [3.63, 3.8) is 0 Å². The van der Waals surface area contributed by atoms with Gasteiger partial charge in [0.05, 0.1) is 24.8 Å². The summed E-state index contributed by atoms with van der Waals surface area (Å²) in [5.74, 6) is 0.250. The molecule has 0 aromatic carbocycles. The van der Waals surface area contributed by atoms with E-state index in [2.05, 4.69) is 4.74 Å². The van der Waals surface area contributed by atoms with Crippen molar-refractivity contribution < 1.29 is 13.9 Å². The van der Waals surface area contributed by atoms with Crippen LogP contribution in [0.4, 0.5) is 0 Å². The number of rotatable bonds is 3. The Morgan fingerprint density at radius 1 is 1.77 bits per heavy atom. The molecule has 4 heteroatoms. The van der Waals surface area contributed by atoms with Crippen LogP contribution in [-0.2, 0) is 9.53 Å². The molecule has 0 unspecified atom stereocenters. The standard InChI is InChI=1S/C9H9ClO3/c1-12-9(11)7(6-10)5-8-3-2-4-13-8/h2-5H,6H2,1H3/b7-5+. The average Bonchev–Trinajstić information content (AvgIpc) is 2.65. The third-order valence-corrected chi connectivity index (χ3v) is 1.74. The van der Waals surface area contributed by atoms with Crippen molar-refractivity contribution in [2.45, 2.75) is 0 Å². The van der Waals surface area contributed by atoms with E-state index in [4.69, 9.17) is 16.0 Å². The van der Waals surface area contributed by atoms with Gasteiger partial charge in [-0.1, -0.05) is 0 Å². The molecule has 0 spiro atoms. The molecule has 0 amide bonds. The van der Waals surface area contributed by atoms with Crippen molar-refractivity contribution in [3.05, 3.63) is 29.7 Å². The SMILES string of the molecule is COC(=O)/C(=C/c1ccco1)CCl. The Morgan fingerprint density at radius 2 is 2.54 bits per heavy atom. The van der Waals surface area contributed by atoms with Gasteiger partial charge in [-0.15, -0.1) is 11.6 Å². The average molecular weight is 201 g/mol. The molecular formula is C9H9ClO3. The number of alkyl halides is 1. The van der Waals surface area contributed by atoms with Gasteiger partial charge in [-0.3, -0.25) is 0 Å². The number of carbonyl (C=O) groups excluding carboxylic acids is 1. The Bertz CT molecular complexity index is 301. The summed E-state index contributed by atoms with van der Waals surface area (Å²) < 4.78 is 9.54. The lowest BCUT2D eigenvalue weighted by molar-refractivity contribution is -0.135. The molecule has 1 heterocycles. The van der Waals surface area contributed by atoms with Crippen molar-refractivity contribution in [3.8, 4) is 0 Å². The Balaban J connectivity index is 2.83. The van der Waals surface area contributed by atoms with E-state index in [0.29, 0.717) is 11.3 Å². The van der Waals surface area contributed by atoms with Crippen molar-refractivity contribution >= 4 is 23.6 Å². The van der Waals surface area contributed by atoms with Gasteiger partial charge in [-0.2, -0.15) is 0 Å². The van der Waals surface area contributed by atoms with Gasteiger partial charge in [0, 0.05) is 0 Å². The molecule has 0 saturated carbocycles. The molecule has 0 fully saturated rings. The lowest BCUT2D eigenvalue weighted by Gasteiger charge is -1.98. The molecule has 0 aliphatic rings. The summed E-state index contributed by atoms with van der Waals surface area (Å²) in [5, 5.41) is 0. The molecule has 0 radical (unpaired) electrons. The van der Waals surface area contributed by atoms with Gasteiger partial charge in [-0.25, -0.2) is 4.79 Å². The first kappa shape index (κ1) is 9.86. The number of furan rings is 1. The highest BCUT2D eigenvalue weighted by molar-refractivity contribution is 6.23. The lowest BCUT2D eigenvalue weighted by Crippen LogP contribution is -2.05. The van der Waals surface area contributed by atoms with Crippen LogP contribution in [0.3, 0.4) is 0 Å². The molecule has 1 rings (SSSR count). The summed E-state index contributed by atoms with van der Waals surface area (Å²) in [6.07, 6.45) is 3.08. The normalized spacial score (nSPS) is 11.4. The van der Waals surface area contributed by atoms with Crippen molar-refractivity contribution in [1.82, 2.24) is 0 Å². The van der Waals surface area contributed by atoms with E-state index in [1.807, 2.05) is 0 Å². The van der Waals surface area contributed by atoms with E-state index < -0.39 is 5.97 Å². The highest BCUT2D eigenvalue weighted by atomic mass is 35.5. The molecular weight excluding hydrogens is 192 g/mol. The second kappa shape index (κ2) is 4.72. The fourth-order valence-corrected chi connectivity index (χ4v) is 1.01. The van der Waals surface area contributed by atoms with Crippen LogP contribution in [0.25, 0.3) is 6.08 Å². The molecule has 3 nitrogen and oxygen atoms in total. The first-order chi connectivity index (χ1) is 6.27. The van der Waals surface area contributed by atoms with Crippen molar-refractivity contribution in [2.75, 3.05) is 13.0 Å². The number of esters is 1. The van der Waals surface area contributed by atoms with Crippen molar-refractivity contribution in [2.24, 2.45) is 0 Å². The Hall–Kier alpha value is -1.22. The van der Waals surface area contributed by atoms with Gasteiger partial charge in [0.1, 0.15) is 5.76 Å². The Labute approximate surface area is 80.9 Å². The van der Waals surface area contributed by atoms with Crippen LogP contribution in [-0.4, -0.2) is 19.0 Å². The van der Waals surface area contributed by atoms with Gasteiger partial charge in [0.2, 0.25) is 0 Å². The molecule has 13 heavy (non-hydrogen) atoms. The van der Waals surface area contributed by atoms with Crippen LogP contribution in [0.15, 0.2) is 28.4 Å². The summed E-state index contributed by atoms with van der Waals surface area (Å²) in [5.41, 5.74) is 0.374. The molecule has 0 bridgehead atoms. The fourth-order valence-electron chi connectivity index (χ4n) is 0.828. The van der Waals surface area contributed by atoms with Gasteiger partial charge in [-0.05, 0) is 18.2 Å². The number of ether oxygens (including phenoxy) is 1. The van der Waals surface area contributed by atoms with Crippen LogP contribution >= 0.6 is 11.6 Å². The van der Waals surface area contributed by atoms with Crippen LogP contribution in [0, 0.1) is 0 Å². The minimum absolute atomic E-state index is 0.105. The zero-order valence-corrected chi connectivity index (χ0v) is 7.88. The summed E-state index contributed by atoms with van der Waals surface area (Å²) in [6, 6.07) is 3.46. The maximum absolute atomic E-state index is 11.1. The predicted molar refractivity (Wildman–Crippen MR) is 49.4 cm³/mol. The minimum Gasteiger partial charge on any atom is -0.466 e. The summed E-state index contributed by atoms with van der Waals surface area (Å²) >= 11 is 5.55. The number of halogens is 1. The lowest BCUT2D eigenvalue weighted by atomic mass is 10.2. The second-order valence-corrected chi connectivity index (χ2v) is 2.58. The first-order valence-electron chi connectivity index (χ1n) is 3.66. The molecule has 1 aromatic rings. The highest BCUT2D eigenvalue weighted by Crippen LogP contribution is 2.09. The van der Waals surface area contributed by atoms with E-state index in [1.54, 1.807) is 18.2 Å². The van der Waals surface area contributed by atoms with Crippen LogP contribution in [0.2, 0.25) is 0 Å². The zero-order valence-electron chi connectivity index (χ0n) is 7.12. The largest absolute Gasteiger partial charge is 0.466 e. The summed E-state index contributed by atoms with van der Waals surface area (Å²) in [6.45, 7) is 0. The highest BCUT2D eigenvalue weighted by Gasteiger charge is 2.08. The van der Waals surface area contributed by atoms with Gasteiger partial charge < -0.3 is 9.15 Å². The maximum atomic E-state index is 11.1. The molecule has 0 aliphatic carbocycles. The van der Waals surface area contributed by atoms with Crippen LogP contribution in [0.1, 0.15) is 5.76 Å². The maximum Gasteiger partial charge on any atom is 0.335 e. The molecule has 1 aromatic heterocycles. The molecule has 0 N–H and O–H groups in total. The van der Waals surface area contributed by atoms with Gasteiger partial charge in [0.25, 0.3) is 0 Å². The topological polar surface area (TPSA) is 39.4 Å². The van der Waals surface area contributed by atoms with Crippen molar-refractivity contribution in [1.29, 1.82) is 0 Å². The number of carbonyl (C=O) groups is 1. The summed E-state index contributed by atoms with van der Waals surface area (Å²) in [4.78, 5) is 11.1. The van der Waals surface area contributed by atoms with Gasteiger partial charge in [0.15, 0.2) is 0 Å². The van der Waals surface area contributed by atoms with E-state index in [0.717, 1.165) is 0 Å². The van der Waals surface area contributed by atoms with E-state index >= 15 is 0 Å². The minimum atomic E-state index is -0.439. The quantitative estimate of drug-likeness (QED) is 0.426. The molecule has 0 aliphatic heterocycles. The summed E-state index contributed by atoms with van der Waals surface area (Å²) in [7, 11) is 1.31. The smallest absolute Gasteiger partial charge is 0.335 e. The fraction of sp³-hybridized carbons (Fsp3) is 0.222. The first-order valence-corrected chi connectivity index (χ1v) is 4.19. The Morgan fingerprint density at radius 3 is 3.00 bits per heavy atom. The predicted octanol–water partition coefficient (Wildman–Crippen LogP) is 2.07.